The van der Waals surface area contributed by atoms with Gasteiger partial charge in [0, 0.05) is 24.2 Å². The molecule has 40 heavy (non-hydrogen) atoms. The molecule has 1 aromatic heterocycles. The van der Waals surface area contributed by atoms with Crippen molar-refractivity contribution in [3.8, 4) is 0 Å². The highest BCUT2D eigenvalue weighted by atomic mass is 16.7. The van der Waals surface area contributed by atoms with E-state index in [0.717, 1.165) is 5.69 Å². The summed E-state index contributed by atoms with van der Waals surface area (Å²) < 4.78 is 10.4. The Kier molecular flexibility index (Phi) is 9.48. The molecule has 10 atom stereocenters. The molecule has 2 aromatic rings. The number of hydrogen-bond acceptors (Lipinski definition) is 14. The molecule has 0 amide bonds. The van der Waals surface area contributed by atoms with Gasteiger partial charge in [-0.2, -0.15) is 4.98 Å². The molecule has 1 aromatic carbocycles. The molecule has 0 saturated carbocycles. The van der Waals surface area contributed by atoms with Crippen molar-refractivity contribution in [3.63, 3.8) is 0 Å². The number of rotatable bonds is 11. The molecule has 0 aliphatic carbocycles. The lowest BCUT2D eigenvalue weighted by molar-refractivity contribution is -0.193. The van der Waals surface area contributed by atoms with Gasteiger partial charge in [-0.1, -0.05) is 12.1 Å². The Labute approximate surface area is 230 Å². The first-order chi connectivity index (χ1) is 19.0. The van der Waals surface area contributed by atoms with Crippen LogP contribution in [0.25, 0.3) is 0 Å². The van der Waals surface area contributed by atoms with Crippen LogP contribution < -0.4 is 27.2 Å². The SMILES string of the molecule is C[C@@H]1Nc2nc(N)[nH]c(=O)c2N[C@H]1[C@@H](C)Nc1ccc(C[C@H](O)[C@H](O)[C@@H](O)CO[C@H]2O[C@H](CO)[C@@H](O)[C@H]2O)cc1. The van der Waals surface area contributed by atoms with E-state index in [9.17, 15) is 30.3 Å². The van der Waals surface area contributed by atoms with E-state index in [-0.39, 0.29) is 36.1 Å². The van der Waals surface area contributed by atoms with Crippen molar-refractivity contribution >= 4 is 23.1 Å². The minimum absolute atomic E-state index is 0.0339. The lowest BCUT2D eigenvalue weighted by atomic mass is 9.98. The van der Waals surface area contributed by atoms with E-state index in [2.05, 4.69) is 25.9 Å². The summed E-state index contributed by atoms with van der Waals surface area (Å²) in [4.78, 5) is 18.9. The van der Waals surface area contributed by atoms with Gasteiger partial charge in [0.15, 0.2) is 12.1 Å². The van der Waals surface area contributed by atoms with Gasteiger partial charge in [-0.3, -0.25) is 9.78 Å². The predicted octanol–water partition coefficient (Wildman–Crippen LogP) is -2.47. The smallest absolute Gasteiger partial charge is 0.277 e. The highest BCUT2D eigenvalue weighted by Crippen LogP contribution is 2.26. The molecule has 0 bridgehead atoms. The lowest BCUT2D eigenvalue weighted by Gasteiger charge is -2.37. The summed E-state index contributed by atoms with van der Waals surface area (Å²) in [5, 5.41) is 69.7. The maximum Gasteiger partial charge on any atom is 0.277 e. The molecule has 1 fully saturated rings. The first kappa shape index (κ1) is 30.0. The molecule has 0 unspecified atom stereocenters. The van der Waals surface area contributed by atoms with Crippen LogP contribution in [-0.4, -0.2) is 115 Å². The van der Waals surface area contributed by atoms with Gasteiger partial charge in [-0.15, -0.1) is 0 Å². The fourth-order valence-electron chi connectivity index (χ4n) is 4.89. The van der Waals surface area contributed by atoms with Crippen LogP contribution in [0.5, 0.6) is 0 Å². The number of aliphatic hydroxyl groups excluding tert-OH is 6. The monoisotopic (exact) mass is 566 g/mol. The van der Waals surface area contributed by atoms with Gasteiger partial charge in [-0.25, -0.2) is 0 Å². The first-order valence-electron chi connectivity index (χ1n) is 13.0. The van der Waals surface area contributed by atoms with Crippen LogP contribution in [0.4, 0.5) is 23.1 Å². The van der Waals surface area contributed by atoms with Crippen LogP contribution >= 0.6 is 0 Å². The fourth-order valence-corrected chi connectivity index (χ4v) is 4.89. The summed E-state index contributed by atoms with van der Waals surface area (Å²) >= 11 is 0. The topological polar surface area (TPSA) is 248 Å². The van der Waals surface area contributed by atoms with E-state index in [1.54, 1.807) is 12.1 Å². The third kappa shape index (κ3) is 6.64. The van der Waals surface area contributed by atoms with Gasteiger partial charge in [0.05, 0.1) is 25.4 Å². The van der Waals surface area contributed by atoms with Gasteiger partial charge < -0.3 is 61.8 Å². The standard InChI is InChI=1S/C25H38N6O9/c1-10(17-11(2)28-22-18(29-17)23(38)31-25(26)30-22)27-13-5-3-12(4-6-13)7-14(33)19(35)15(34)9-39-24-21(37)20(36)16(8-32)40-24/h3-6,10-11,14-17,19-21,24,27,29,32-37H,7-9H2,1-2H3,(H4,26,28,30,31,38)/t10-,11+,14+,15+,16-,17+,19+,20-,21-,24+/m1/s1. The normalized spacial score (nSPS) is 29.0. The Morgan fingerprint density at radius 3 is 2.48 bits per heavy atom. The Hall–Kier alpha value is -3.02. The number of nitrogens with two attached hydrogens (primary N) is 1. The first-order valence-corrected chi connectivity index (χ1v) is 13.0. The van der Waals surface area contributed by atoms with Crippen LogP contribution in [0.2, 0.25) is 0 Å². The van der Waals surface area contributed by atoms with E-state index in [1.165, 1.54) is 0 Å². The Morgan fingerprint density at radius 1 is 1.12 bits per heavy atom. The number of fused-ring (bicyclic) bond motifs is 1. The summed E-state index contributed by atoms with van der Waals surface area (Å²) in [6, 6.07) is 6.84. The number of nitrogens with zero attached hydrogens (tertiary/aromatic N) is 1. The number of aliphatic hydroxyl groups is 6. The van der Waals surface area contributed by atoms with Crippen molar-refractivity contribution in [1.82, 2.24) is 9.97 Å². The van der Waals surface area contributed by atoms with Crippen LogP contribution in [0, 0.1) is 0 Å². The molecule has 0 radical (unpaired) electrons. The van der Waals surface area contributed by atoms with Crippen molar-refractivity contribution < 1.29 is 40.1 Å². The summed E-state index contributed by atoms with van der Waals surface area (Å²) in [7, 11) is 0. The molecule has 222 valence electrons. The quantitative estimate of drug-likeness (QED) is 0.135. The number of nitrogen functional groups attached to an aromatic ring is 1. The number of benzene rings is 1. The number of H-pyrrole nitrogens is 1. The predicted molar refractivity (Wildman–Crippen MR) is 145 cm³/mol. The van der Waals surface area contributed by atoms with Gasteiger partial charge in [-0.05, 0) is 31.5 Å². The Balaban J connectivity index is 1.27. The van der Waals surface area contributed by atoms with Crippen LogP contribution in [0.15, 0.2) is 29.1 Å². The second-order valence-corrected chi connectivity index (χ2v) is 10.3. The van der Waals surface area contributed by atoms with E-state index in [1.807, 2.05) is 26.0 Å². The second kappa shape index (κ2) is 12.7. The van der Waals surface area contributed by atoms with Crippen molar-refractivity contribution in [2.24, 2.45) is 0 Å². The van der Waals surface area contributed by atoms with Crippen LogP contribution in [0.1, 0.15) is 19.4 Å². The molecule has 2 aliphatic rings. The van der Waals surface area contributed by atoms with Gasteiger partial charge >= 0.3 is 0 Å². The average molecular weight is 567 g/mol. The summed E-state index contributed by atoms with van der Waals surface area (Å²) in [5.74, 6) is 0.434. The third-order valence-corrected chi connectivity index (χ3v) is 7.20. The molecule has 15 heteroatoms. The number of anilines is 4. The second-order valence-electron chi connectivity index (χ2n) is 10.3. The summed E-state index contributed by atoms with van der Waals surface area (Å²) in [6.07, 6.45) is -9.42. The van der Waals surface area contributed by atoms with E-state index in [0.29, 0.717) is 17.1 Å². The number of aromatic nitrogens is 2. The molecule has 3 heterocycles. The molecular weight excluding hydrogens is 528 g/mol. The Morgan fingerprint density at radius 2 is 1.82 bits per heavy atom. The zero-order chi connectivity index (χ0) is 29.1. The van der Waals surface area contributed by atoms with E-state index < -0.39 is 56.1 Å². The summed E-state index contributed by atoms with van der Waals surface area (Å²) in [6.45, 7) is 2.93. The molecule has 15 nitrogen and oxygen atoms in total. The van der Waals surface area contributed by atoms with Crippen molar-refractivity contribution in [2.75, 3.05) is 34.9 Å². The average Bonchev–Trinajstić information content (AvgIpc) is 3.19. The minimum atomic E-state index is -1.56. The summed E-state index contributed by atoms with van der Waals surface area (Å²) in [5.41, 5.74) is 7.09. The fraction of sp³-hybridized carbons (Fsp3) is 0.600. The zero-order valence-electron chi connectivity index (χ0n) is 22.1. The molecular formula is C25H38N6O9. The zero-order valence-corrected chi connectivity index (χ0v) is 22.1. The van der Waals surface area contributed by atoms with Gasteiger partial charge in [0.2, 0.25) is 5.95 Å². The molecule has 0 spiro atoms. The molecule has 1 saturated heterocycles. The largest absolute Gasteiger partial charge is 0.394 e. The third-order valence-electron chi connectivity index (χ3n) is 7.20. The number of nitrogens with one attached hydrogen (secondary N) is 4. The highest BCUT2D eigenvalue weighted by Gasteiger charge is 2.43. The number of ether oxygens (including phenoxy) is 2. The van der Waals surface area contributed by atoms with Gasteiger partial charge in [0.1, 0.15) is 36.2 Å². The molecule has 12 N–H and O–H groups in total. The highest BCUT2D eigenvalue weighted by molar-refractivity contribution is 5.68. The molecule has 4 rings (SSSR count). The lowest BCUT2D eigenvalue weighted by Crippen LogP contribution is -2.51. The van der Waals surface area contributed by atoms with Crippen molar-refractivity contribution in [1.29, 1.82) is 0 Å². The number of aromatic amines is 1. The maximum atomic E-state index is 12.3. The van der Waals surface area contributed by atoms with Crippen molar-refractivity contribution in [3.05, 3.63) is 40.2 Å². The van der Waals surface area contributed by atoms with E-state index in [4.69, 9.17) is 20.3 Å². The Bertz CT molecular complexity index is 1180. The van der Waals surface area contributed by atoms with E-state index >= 15 is 0 Å². The van der Waals surface area contributed by atoms with Crippen molar-refractivity contribution in [2.45, 2.75) is 81.3 Å². The maximum absolute atomic E-state index is 12.3. The number of hydrogen-bond donors (Lipinski definition) is 11. The minimum Gasteiger partial charge on any atom is -0.394 e. The van der Waals surface area contributed by atoms with Crippen LogP contribution in [-0.2, 0) is 15.9 Å². The van der Waals surface area contributed by atoms with Gasteiger partial charge in [0.25, 0.3) is 5.56 Å². The molecule has 2 aliphatic heterocycles. The van der Waals surface area contributed by atoms with Crippen LogP contribution in [0.3, 0.4) is 0 Å².